The van der Waals surface area contributed by atoms with Crippen molar-refractivity contribution in [3.05, 3.63) is 23.9 Å². The van der Waals surface area contributed by atoms with Gasteiger partial charge in [0.1, 0.15) is 5.82 Å². The maximum Gasteiger partial charge on any atom is 0.128 e. The number of nitrogens with zero attached hydrogens (tertiary/aromatic N) is 2. The number of hydrogen-bond donors (Lipinski definition) is 2. The third-order valence-corrected chi connectivity index (χ3v) is 4.33. The van der Waals surface area contributed by atoms with Crippen LogP contribution in [0.25, 0.3) is 0 Å². The topological polar surface area (TPSA) is 54.2 Å². The Morgan fingerprint density at radius 3 is 2.72 bits per heavy atom. The Labute approximate surface area is 109 Å². The zero-order chi connectivity index (χ0) is 12.4. The van der Waals surface area contributed by atoms with E-state index in [0.29, 0.717) is 11.9 Å². The molecule has 2 heterocycles. The first-order valence-corrected chi connectivity index (χ1v) is 7.01. The standard InChI is InChI=1S/C14H22N4/c15-14-12(5-2-6-17-14)13(11-3-1-4-11)18-9-7-16-8-10-18/h2,5-6,11,13,16H,1,3-4,7-10H2,(H2,15,17)/t13-/m1/s1. The van der Waals surface area contributed by atoms with Gasteiger partial charge in [-0.25, -0.2) is 4.98 Å². The molecule has 3 N–H and O–H groups in total. The number of nitrogen functional groups attached to an aromatic ring is 1. The van der Waals surface area contributed by atoms with Crippen molar-refractivity contribution in [3.63, 3.8) is 0 Å². The van der Waals surface area contributed by atoms with Crippen LogP contribution >= 0.6 is 0 Å². The summed E-state index contributed by atoms with van der Waals surface area (Å²) in [4.78, 5) is 6.86. The lowest BCUT2D eigenvalue weighted by atomic mass is 9.76. The van der Waals surface area contributed by atoms with E-state index in [-0.39, 0.29) is 0 Å². The summed E-state index contributed by atoms with van der Waals surface area (Å²) < 4.78 is 0. The second kappa shape index (κ2) is 5.24. The van der Waals surface area contributed by atoms with E-state index in [2.05, 4.69) is 21.3 Å². The molecule has 2 aliphatic rings. The summed E-state index contributed by atoms with van der Waals surface area (Å²) in [5.74, 6) is 1.49. The van der Waals surface area contributed by atoms with Crippen molar-refractivity contribution >= 4 is 5.82 Å². The average molecular weight is 246 g/mol. The summed E-state index contributed by atoms with van der Waals surface area (Å²) in [6.45, 7) is 4.41. The van der Waals surface area contributed by atoms with Crippen molar-refractivity contribution in [1.82, 2.24) is 15.2 Å². The van der Waals surface area contributed by atoms with Gasteiger partial charge in [-0.1, -0.05) is 12.5 Å². The highest BCUT2D eigenvalue weighted by atomic mass is 15.2. The lowest BCUT2D eigenvalue weighted by molar-refractivity contribution is 0.0840. The normalized spacial score (nSPS) is 23.6. The van der Waals surface area contributed by atoms with Gasteiger partial charge in [-0.05, 0) is 24.8 Å². The van der Waals surface area contributed by atoms with E-state index in [0.717, 1.165) is 32.1 Å². The van der Waals surface area contributed by atoms with Crippen molar-refractivity contribution in [2.45, 2.75) is 25.3 Å². The van der Waals surface area contributed by atoms with Crippen LogP contribution in [-0.4, -0.2) is 36.1 Å². The molecule has 1 atom stereocenters. The van der Waals surface area contributed by atoms with Crippen LogP contribution in [-0.2, 0) is 0 Å². The molecule has 0 aromatic carbocycles. The van der Waals surface area contributed by atoms with Gasteiger partial charge < -0.3 is 11.1 Å². The van der Waals surface area contributed by atoms with E-state index in [1.54, 1.807) is 6.20 Å². The zero-order valence-electron chi connectivity index (χ0n) is 10.8. The van der Waals surface area contributed by atoms with Crippen LogP contribution < -0.4 is 11.1 Å². The van der Waals surface area contributed by atoms with Gasteiger partial charge >= 0.3 is 0 Å². The summed E-state index contributed by atoms with van der Waals surface area (Å²) >= 11 is 0. The van der Waals surface area contributed by atoms with Gasteiger partial charge in [-0.2, -0.15) is 0 Å². The van der Waals surface area contributed by atoms with Gasteiger partial charge in [0.15, 0.2) is 0 Å². The maximum absolute atomic E-state index is 6.09. The van der Waals surface area contributed by atoms with E-state index in [4.69, 9.17) is 5.73 Å². The summed E-state index contributed by atoms with van der Waals surface area (Å²) in [6.07, 6.45) is 5.83. The van der Waals surface area contributed by atoms with Crippen LogP contribution in [0.15, 0.2) is 18.3 Å². The smallest absolute Gasteiger partial charge is 0.128 e. The molecule has 0 spiro atoms. The molecule has 0 unspecified atom stereocenters. The molecule has 1 aromatic heterocycles. The van der Waals surface area contributed by atoms with Crippen molar-refractivity contribution < 1.29 is 0 Å². The quantitative estimate of drug-likeness (QED) is 0.846. The minimum absolute atomic E-state index is 0.481. The van der Waals surface area contributed by atoms with Gasteiger partial charge in [-0.15, -0.1) is 0 Å². The second-order valence-electron chi connectivity index (χ2n) is 5.40. The van der Waals surface area contributed by atoms with E-state index >= 15 is 0 Å². The molecule has 1 aromatic rings. The second-order valence-corrected chi connectivity index (χ2v) is 5.40. The lowest BCUT2D eigenvalue weighted by Crippen LogP contribution is -2.48. The van der Waals surface area contributed by atoms with E-state index < -0.39 is 0 Å². The number of piperazine rings is 1. The Bertz CT molecular complexity index is 397. The first-order valence-electron chi connectivity index (χ1n) is 7.01. The number of anilines is 1. The third-order valence-electron chi connectivity index (χ3n) is 4.33. The van der Waals surface area contributed by atoms with Crippen molar-refractivity contribution in [3.8, 4) is 0 Å². The molecule has 18 heavy (non-hydrogen) atoms. The highest BCUT2D eigenvalue weighted by Gasteiger charge is 2.34. The van der Waals surface area contributed by atoms with E-state index in [9.17, 15) is 0 Å². The summed E-state index contributed by atoms with van der Waals surface area (Å²) in [5.41, 5.74) is 7.33. The average Bonchev–Trinajstić information content (AvgIpc) is 2.36. The van der Waals surface area contributed by atoms with Crippen LogP contribution in [0.5, 0.6) is 0 Å². The number of nitrogens with two attached hydrogens (primary N) is 1. The number of rotatable bonds is 3. The Balaban J connectivity index is 1.87. The van der Waals surface area contributed by atoms with Gasteiger partial charge in [0, 0.05) is 44.0 Å². The maximum atomic E-state index is 6.09. The molecule has 98 valence electrons. The number of nitrogens with one attached hydrogen (secondary N) is 1. The number of hydrogen-bond acceptors (Lipinski definition) is 4. The molecule has 1 saturated carbocycles. The molecular formula is C14H22N4. The van der Waals surface area contributed by atoms with Crippen LogP contribution in [0.3, 0.4) is 0 Å². The number of aromatic nitrogens is 1. The molecule has 1 aliphatic carbocycles. The van der Waals surface area contributed by atoms with Gasteiger partial charge in [-0.3, -0.25) is 4.90 Å². The van der Waals surface area contributed by atoms with Crippen molar-refractivity contribution in [2.75, 3.05) is 31.9 Å². The van der Waals surface area contributed by atoms with Gasteiger partial charge in [0.25, 0.3) is 0 Å². The molecular weight excluding hydrogens is 224 g/mol. The van der Waals surface area contributed by atoms with Crippen LogP contribution in [0.2, 0.25) is 0 Å². The molecule has 0 radical (unpaired) electrons. The lowest BCUT2D eigenvalue weighted by Gasteiger charge is -2.43. The third kappa shape index (κ3) is 2.22. The minimum atomic E-state index is 0.481. The first-order chi connectivity index (χ1) is 8.86. The van der Waals surface area contributed by atoms with Crippen molar-refractivity contribution in [2.24, 2.45) is 5.92 Å². The Morgan fingerprint density at radius 2 is 2.11 bits per heavy atom. The Hall–Kier alpha value is -1.13. The van der Waals surface area contributed by atoms with Crippen LogP contribution in [0.4, 0.5) is 5.82 Å². The summed E-state index contributed by atoms with van der Waals surface area (Å²) in [5, 5.41) is 3.42. The van der Waals surface area contributed by atoms with E-state index in [1.807, 2.05) is 6.07 Å². The molecule has 4 nitrogen and oxygen atoms in total. The Morgan fingerprint density at radius 1 is 1.33 bits per heavy atom. The molecule has 3 rings (SSSR count). The molecule has 2 fully saturated rings. The summed E-state index contributed by atoms with van der Waals surface area (Å²) in [6, 6.07) is 4.65. The molecule has 0 bridgehead atoms. The SMILES string of the molecule is Nc1ncccc1[C@@H](C1CCC1)N1CCNCC1. The fraction of sp³-hybridized carbons (Fsp3) is 0.643. The minimum Gasteiger partial charge on any atom is -0.383 e. The molecule has 0 amide bonds. The first kappa shape index (κ1) is 11.9. The fourth-order valence-corrected chi connectivity index (χ4v) is 3.14. The van der Waals surface area contributed by atoms with Gasteiger partial charge in [0.2, 0.25) is 0 Å². The largest absolute Gasteiger partial charge is 0.383 e. The number of pyridine rings is 1. The van der Waals surface area contributed by atoms with Crippen molar-refractivity contribution in [1.29, 1.82) is 0 Å². The fourth-order valence-electron chi connectivity index (χ4n) is 3.14. The van der Waals surface area contributed by atoms with Crippen LogP contribution in [0.1, 0.15) is 30.9 Å². The Kier molecular flexibility index (Phi) is 3.48. The predicted octanol–water partition coefficient (Wildman–Crippen LogP) is 1.41. The zero-order valence-corrected chi connectivity index (χ0v) is 10.8. The predicted molar refractivity (Wildman–Crippen MR) is 73.2 cm³/mol. The highest BCUT2D eigenvalue weighted by molar-refractivity contribution is 5.41. The summed E-state index contributed by atoms with van der Waals surface area (Å²) in [7, 11) is 0. The monoisotopic (exact) mass is 246 g/mol. The van der Waals surface area contributed by atoms with Crippen LogP contribution in [0, 0.1) is 5.92 Å². The highest BCUT2D eigenvalue weighted by Crippen LogP contribution is 2.42. The molecule has 1 saturated heterocycles. The van der Waals surface area contributed by atoms with E-state index in [1.165, 1.54) is 24.8 Å². The molecule has 1 aliphatic heterocycles. The molecule has 4 heteroatoms. The van der Waals surface area contributed by atoms with Gasteiger partial charge in [0.05, 0.1) is 0 Å².